The molecule has 0 saturated carbocycles. The molecule has 1 aliphatic rings. The fourth-order valence-corrected chi connectivity index (χ4v) is 2.39. The number of aromatic hydroxyl groups is 1. The average Bonchev–Trinajstić information content (AvgIpc) is 2.54. The summed E-state index contributed by atoms with van der Waals surface area (Å²) in [5.41, 5.74) is 1.90. The monoisotopic (exact) mass is 299 g/mol. The van der Waals surface area contributed by atoms with E-state index in [1.54, 1.807) is 18.2 Å². The van der Waals surface area contributed by atoms with Crippen LogP contribution < -0.4 is 10.1 Å². The average molecular weight is 299 g/mol. The van der Waals surface area contributed by atoms with E-state index in [0.717, 1.165) is 11.1 Å². The molecule has 5 heteroatoms. The van der Waals surface area contributed by atoms with Crippen molar-refractivity contribution < 1.29 is 19.4 Å². The second-order valence-electron chi connectivity index (χ2n) is 5.21. The highest BCUT2D eigenvalue weighted by atomic mass is 16.5. The third-order valence-corrected chi connectivity index (χ3v) is 3.49. The van der Waals surface area contributed by atoms with Crippen LogP contribution in [0.3, 0.4) is 0 Å². The number of rotatable bonds is 3. The third-order valence-electron chi connectivity index (χ3n) is 3.49. The number of amides is 1. The van der Waals surface area contributed by atoms with Crippen LogP contribution in [0, 0.1) is 0 Å². The first-order chi connectivity index (χ1) is 10.7. The molecule has 2 N–H and O–H groups in total. The standard InChI is InChI=1S/C17H17NO4/c19-15-7-6-13-8-14(11-21-16(13)9-15)18-17(20)22-10-12-4-2-1-3-5-12/h1-7,9,14,19H,8,10-11H2,(H,18,20)/t14-/m1/s1. The molecule has 0 bridgehead atoms. The van der Waals surface area contributed by atoms with Crippen molar-refractivity contribution in [2.75, 3.05) is 6.61 Å². The van der Waals surface area contributed by atoms with Gasteiger partial charge in [-0.05, 0) is 23.6 Å². The molecule has 0 radical (unpaired) electrons. The van der Waals surface area contributed by atoms with Crippen LogP contribution >= 0.6 is 0 Å². The van der Waals surface area contributed by atoms with Gasteiger partial charge in [-0.1, -0.05) is 36.4 Å². The number of hydrogen-bond acceptors (Lipinski definition) is 4. The van der Waals surface area contributed by atoms with Crippen LogP contribution in [0.2, 0.25) is 0 Å². The van der Waals surface area contributed by atoms with Gasteiger partial charge in [-0.3, -0.25) is 0 Å². The fourth-order valence-electron chi connectivity index (χ4n) is 2.39. The van der Waals surface area contributed by atoms with Crippen molar-refractivity contribution in [1.82, 2.24) is 5.32 Å². The second kappa shape index (κ2) is 6.39. The lowest BCUT2D eigenvalue weighted by Crippen LogP contribution is -2.42. The Labute approximate surface area is 128 Å². The summed E-state index contributed by atoms with van der Waals surface area (Å²) in [6.45, 7) is 0.599. The van der Waals surface area contributed by atoms with E-state index in [4.69, 9.17) is 9.47 Å². The fraction of sp³-hybridized carbons (Fsp3) is 0.235. The van der Waals surface area contributed by atoms with E-state index in [2.05, 4.69) is 5.32 Å². The molecule has 0 aromatic heterocycles. The summed E-state index contributed by atoms with van der Waals surface area (Å²) >= 11 is 0. The van der Waals surface area contributed by atoms with Gasteiger partial charge in [0, 0.05) is 6.07 Å². The quantitative estimate of drug-likeness (QED) is 0.914. The Balaban J connectivity index is 1.51. The highest BCUT2D eigenvalue weighted by Gasteiger charge is 2.22. The second-order valence-corrected chi connectivity index (χ2v) is 5.21. The van der Waals surface area contributed by atoms with E-state index < -0.39 is 6.09 Å². The van der Waals surface area contributed by atoms with Gasteiger partial charge in [0.1, 0.15) is 24.7 Å². The Morgan fingerprint density at radius 1 is 1.27 bits per heavy atom. The van der Waals surface area contributed by atoms with Crippen LogP contribution in [0.5, 0.6) is 11.5 Å². The van der Waals surface area contributed by atoms with Crippen LogP contribution in [0.15, 0.2) is 48.5 Å². The SMILES string of the molecule is O=C(N[C@H]1COc2cc(O)ccc2C1)OCc1ccccc1. The maximum absolute atomic E-state index is 11.8. The first kappa shape index (κ1) is 14.3. The number of nitrogens with one attached hydrogen (secondary N) is 1. The van der Waals surface area contributed by atoms with Crippen molar-refractivity contribution in [2.24, 2.45) is 0 Å². The molecule has 22 heavy (non-hydrogen) atoms. The number of phenols is 1. The largest absolute Gasteiger partial charge is 0.508 e. The molecular formula is C17H17NO4. The molecule has 0 aliphatic carbocycles. The molecule has 0 unspecified atom stereocenters. The molecule has 114 valence electrons. The van der Waals surface area contributed by atoms with Gasteiger partial charge in [0.15, 0.2) is 0 Å². The predicted molar refractivity (Wildman–Crippen MR) is 80.9 cm³/mol. The zero-order valence-electron chi connectivity index (χ0n) is 12.0. The molecule has 0 spiro atoms. The summed E-state index contributed by atoms with van der Waals surface area (Å²) in [6.07, 6.45) is 0.190. The number of fused-ring (bicyclic) bond motifs is 1. The predicted octanol–water partition coefficient (Wildman–Crippen LogP) is 2.62. The van der Waals surface area contributed by atoms with Gasteiger partial charge in [0.2, 0.25) is 0 Å². The van der Waals surface area contributed by atoms with Gasteiger partial charge in [-0.15, -0.1) is 0 Å². The molecule has 0 saturated heterocycles. The van der Waals surface area contributed by atoms with Crippen molar-refractivity contribution >= 4 is 6.09 Å². The van der Waals surface area contributed by atoms with Crippen LogP contribution in [0.1, 0.15) is 11.1 Å². The smallest absolute Gasteiger partial charge is 0.407 e. The maximum atomic E-state index is 11.8. The van der Waals surface area contributed by atoms with Crippen molar-refractivity contribution in [1.29, 1.82) is 0 Å². The summed E-state index contributed by atoms with van der Waals surface area (Å²) in [5.74, 6) is 0.836. The van der Waals surface area contributed by atoms with Crippen LogP contribution in [0.25, 0.3) is 0 Å². The van der Waals surface area contributed by atoms with E-state index in [1.807, 2.05) is 30.3 Å². The van der Waals surface area contributed by atoms with E-state index in [9.17, 15) is 9.90 Å². The van der Waals surface area contributed by atoms with E-state index in [-0.39, 0.29) is 18.4 Å². The molecule has 5 nitrogen and oxygen atoms in total. The Hall–Kier alpha value is -2.69. The molecule has 3 rings (SSSR count). The van der Waals surface area contributed by atoms with Crippen molar-refractivity contribution in [3.05, 3.63) is 59.7 Å². The highest BCUT2D eigenvalue weighted by molar-refractivity contribution is 5.67. The molecule has 1 heterocycles. The van der Waals surface area contributed by atoms with E-state index in [1.165, 1.54) is 0 Å². The molecular weight excluding hydrogens is 282 g/mol. The molecule has 0 fully saturated rings. The topological polar surface area (TPSA) is 67.8 Å². The Morgan fingerprint density at radius 2 is 2.09 bits per heavy atom. The molecule has 1 atom stereocenters. The minimum atomic E-state index is -0.459. The lowest BCUT2D eigenvalue weighted by Gasteiger charge is -2.25. The molecule has 1 amide bonds. The maximum Gasteiger partial charge on any atom is 0.407 e. The lowest BCUT2D eigenvalue weighted by atomic mass is 10.0. The van der Waals surface area contributed by atoms with Gasteiger partial charge in [0.25, 0.3) is 0 Å². The number of hydrogen-bond donors (Lipinski definition) is 2. The number of benzene rings is 2. The van der Waals surface area contributed by atoms with E-state index >= 15 is 0 Å². The summed E-state index contributed by atoms with van der Waals surface area (Å²) in [7, 11) is 0. The van der Waals surface area contributed by atoms with Gasteiger partial charge in [-0.2, -0.15) is 0 Å². The lowest BCUT2D eigenvalue weighted by molar-refractivity contribution is 0.128. The number of carbonyl (C=O) groups is 1. The first-order valence-electron chi connectivity index (χ1n) is 7.12. The third kappa shape index (κ3) is 3.49. The van der Waals surface area contributed by atoms with Gasteiger partial charge < -0.3 is 19.9 Å². The zero-order chi connectivity index (χ0) is 15.4. The number of phenolic OH excluding ortho intramolecular Hbond substituents is 1. The van der Waals surface area contributed by atoms with Gasteiger partial charge >= 0.3 is 6.09 Å². The van der Waals surface area contributed by atoms with Crippen LogP contribution in [-0.2, 0) is 17.8 Å². The molecule has 2 aromatic rings. The molecule has 2 aromatic carbocycles. The summed E-state index contributed by atoms with van der Waals surface area (Å²) in [6, 6.07) is 14.4. The van der Waals surface area contributed by atoms with Crippen molar-refractivity contribution in [2.45, 2.75) is 19.1 Å². The molecule has 1 aliphatic heterocycles. The van der Waals surface area contributed by atoms with Crippen molar-refractivity contribution in [3.8, 4) is 11.5 Å². The normalized spacial score (nSPS) is 16.3. The highest BCUT2D eigenvalue weighted by Crippen LogP contribution is 2.28. The Kier molecular flexibility index (Phi) is 4.14. The number of carbonyl (C=O) groups excluding carboxylic acids is 1. The summed E-state index contributed by atoms with van der Waals surface area (Å²) in [4.78, 5) is 11.8. The zero-order valence-corrected chi connectivity index (χ0v) is 12.0. The van der Waals surface area contributed by atoms with E-state index in [0.29, 0.717) is 18.8 Å². The minimum absolute atomic E-state index is 0.139. The Morgan fingerprint density at radius 3 is 2.91 bits per heavy atom. The van der Waals surface area contributed by atoms with Gasteiger partial charge in [0.05, 0.1) is 6.04 Å². The Bertz CT molecular complexity index is 657. The summed E-state index contributed by atoms with van der Waals surface area (Å²) in [5, 5.41) is 12.2. The summed E-state index contributed by atoms with van der Waals surface area (Å²) < 4.78 is 10.7. The first-order valence-corrected chi connectivity index (χ1v) is 7.12. The number of alkyl carbamates (subject to hydrolysis) is 1. The van der Waals surface area contributed by atoms with Gasteiger partial charge in [-0.25, -0.2) is 4.79 Å². The van der Waals surface area contributed by atoms with Crippen LogP contribution in [-0.4, -0.2) is 23.8 Å². The number of ether oxygens (including phenoxy) is 2. The minimum Gasteiger partial charge on any atom is -0.508 e. The van der Waals surface area contributed by atoms with Crippen LogP contribution in [0.4, 0.5) is 4.79 Å². The van der Waals surface area contributed by atoms with Crippen molar-refractivity contribution in [3.63, 3.8) is 0 Å².